The third-order valence-electron chi connectivity index (χ3n) is 6.30. The molecule has 1 heterocycles. The van der Waals surface area contributed by atoms with Gasteiger partial charge >= 0.3 is 6.09 Å². The summed E-state index contributed by atoms with van der Waals surface area (Å²) >= 11 is 12.9. The molecule has 4 rings (SSSR count). The molecule has 2 N–H and O–H groups in total. The molecule has 0 saturated carbocycles. The third kappa shape index (κ3) is 5.52. The van der Waals surface area contributed by atoms with Crippen LogP contribution in [-0.2, 0) is 17.6 Å². The number of nitrogens with zero attached hydrogens (tertiary/aromatic N) is 2. The van der Waals surface area contributed by atoms with Gasteiger partial charge in [0.25, 0.3) is 5.91 Å². The molecule has 0 spiro atoms. The number of carboxylic acid groups (broad SMARTS) is 1. The number of carbonyl (C=O) groups excluding carboxylic acids is 1. The smallest absolute Gasteiger partial charge is 0.415 e. The first-order valence-electron chi connectivity index (χ1n) is 11.4. The van der Waals surface area contributed by atoms with Crippen LogP contribution in [-0.4, -0.2) is 50.8 Å². The van der Waals surface area contributed by atoms with Gasteiger partial charge in [0.1, 0.15) is 12.2 Å². The number of amides is 2. The summed E-state index contributed by atoms with van der Waals surface area (Å²) in [5, 5.41) is 21.8. The minimum absolute atomic E-state index is 0.269. The second kappa shape index (κ2) is 11.2. The number of aliphatic hydroxyl groups is 1. The van der Waals surface area contributed by atoms with Gasteiger partial charge in [-0.15, -0.1) is 0 Å². The van der Waals surface area contributed by atoms with Crippen molar-refractivity contribution in [1.29, 1.82) is 0 Å². The van der Waals surface area contributed by atoms with Crippen molar-refractivity contribution in [3.63, 3.8) is 0 Å². The molecule has 3 aromatic carbocycles. The van der Waals surface area contributed by atoms with Gasteiger partial charge in [-0.25, -0.2) is 9.69 Å². The van der Waals surface area contributed by atoms with Crippen LogP contribution < -0.4 is 0 Å². The van der Waals surface area contributed by atoms with E-state index in [0.717, 1.165) is 16.0 Å². The molecular weight excluding hydrogens is 487 g/mol. The van der Waals surface area contributed by atoms with Crippen LogP contribution >= 0.6 is 23.2 Å². The molecule has 0 aliphatic carbocycles. The Labute approximate surface area is 214 Å². The van der Waals surface area contributed by atoms with Crippen molar-refractivity contribution in [2.75, 3.05) is 6.54 Å². The van der Waals surface area contributed by atoms with Gasteiger partial charge in [0.05, 0.1) is 6.10 Å². The average molecular weight is 513 g/mol. The van der Waals surface area contributed by atoms with Crippen LogP contribution in [0.25, 0.3) is 0 Å². The van der Waals surface area contributed by atoms with Crippen molar-refractivity contribution in [3.05, 3.63) is 106 Å². The summed E-state index contributed by atoms with van der Waals surface area (Å²) in [6.45, 7) is 0.318. The Morgan fingerprint density at radius 3 is 1.94 bits per heavy atom. The highest BCUT2D eigenvalue weighted by atomic mass is 35.5. The Bertz CT molecular complexity index is 1160. The van der Waals surface area contributed by atoms with Gasteiger partial charge in [-0.05, 0) is 42.5 Å². The van der Waals surface area contributed by atoms with Gasteiger partial charge in [0.15, 0.2) is 0 Å². The highest BCUT2D eigenvalue weighted by Crippen LogP contribution is 2.42. The van der Waals surface area contributed by atoms with Crippen molar-refractivity contribution in [2.24, 2.45) is 0 Å². The quantitative estimate of drug-likeness (QED) is 0.421. The van der Waals surface area contributed by atoms with Crippen LogP contribution in [0, 0.1) is 0 Å². The SMILES string of the molecule is O=C(O)N1C(=O)[C@@H](c2c(Cl)cccc2Cl)N(CCc2ccccc2)[C@@H]1[C@@H](O)CCc1ccccc1. The van der Waals surface area contributed by atoms with Gasteiger partial charge < -0.3 is 10.2 Å². The fraction of sp³-hybridized carbons (Fsp3) is 0.259. The molecule has 0 bridgehead atoms. The third-order valence-corrected chi connectivity index (χ3v) is 6.96. The Balaban J connectivity index is 1.70. The maximum absolute atomic E-state index is 13.5. The molecule has 1 aliphatic heterocycles. The highest BCUT2D eigenvalue weighted by Gasteiger charge is 2.53. The van der Waals surface area contributed by atoms with Crippen molar-refractivity contribution in [1.82, 2.24) is 9.80 Å². The summed E-state index contributed by atoms with van der Waals surface area (Å²) < 4.78 is 0. The number of rotatable bonds is 8. The van der Waals surface area contributed by atoms with Crippen LogP contribution in [0.1, 0.15) is 29.2 Å². The minimum atomic E-state index is -1.42. The molecule has 8 heteroatoms. The first kappa shape index (κ1) is 25.2. The van der Waals surface area contributed by atoms with Gasteiger partial charge in [-0.3, -0.25) is 9.69 Å². The number of hydrogen-bond donors (Lipinski definition) is 2. The molecule has 0 aromatic heterocycles. The molecule has 35 heavy (non-hydrogen) atoms. The lowest BCUT2D eigenvalue weighted by molar-refractivity contribution is -0.129. The van der Waals surface area contributed by atoms with E-state index in [1.54, 1.807) is 23.1 Å². The summed E-state index contributed by atoms with van der Waals surface area (Å²) in [6, 6.07) is 23.2. The zero-order chi connectivity index (χ0) is 24.9. The second-order valence-corrected chi connectivity index (χ2v) is 9.32. The van der Waals surface area contributed by atoms with Crippen LogP contribution in [0.4, 0.5) is 4.79 Å². The number of hydrogen-bond acceptors (Lipinski definition) is 4. The molecule has 0 radical (unpaired) electrons. The summed E-state index contributed by atoms with van der Waals surface area (Å²) in [5.74, 6) is -0.677. The number of aliphatic hydroxyl groups excluding tert-OH is 1. The first-order chi connectivity index (χ1) is 16.9. The number of carbonyl (C=O) groups is 2. The minimum Gasteiger partial charge on any atom is -0.465 e. The maximum Gasteiger partial charge on any atom is 0.415 e. The average Bonchev–Trinajstić information content (AvgIpc) is 3.14. The van der Waals surface area contributed by atoms with E-state index in [0.29, 0.717) is 24.9 Å². The first-order valence-corrected chi connectivity index (χ1v) is 12.2. The van der Waals surface area contributed by atoms with E-state index < -0.39 is 30.3 Å². The predicted octanol–water partition coefficient (Wildman–Crippen LogP) is 5.42. The second-order valence-electron chi connectivity index (χ2n) is 8.51. The topological polar surface area (TPSA) is 81.1 Å². The Morgan fingerprint density at radius 2 is 1.40 bits per heavy atom. The molecule has 1 fully saturated rings. The van der Waals surface area contributed by atoms with E-state index in [4.69, 9.17) is 23.2 Å². The molecule has 3 aromatic rings. The number of imide groups is 1. The van der Waals surface area contributed by atoms with Crippen molar-refractivity contribution in [3.8, 4) is 0 Å². The van der Waals surface area contributed by atoms with Crippen LogP contribution in [0.3, 0.4) is 0 Å². The van der Waals surface area contributed by atoms with Crippen molar-refractivity contribution < 1.29 is 19.8 Å². The van der Waals surface area contributed by atoms with Gasteiger partial charge in [-0.2, -0.15) is 0 Å². The highest BCUT2D eigenvalue weighted by molar-refractivity contribution is 6.36. The van der Waals surface area contributed by atoms with Crippen LogP contribution in [0.2, 0.25) is 10.0 Å². The fourth-order valence-corrected chi connectivity index (χ4v) is 5.24. The van der Waals surface area contributed by atoms with Crippen LogP contribution in [0.15, 0.2) is 78.9 Å². The van der Waals surface area contributed by atoms with Gasteiger partial charge in [-0.1, -0.05) is 89.9 Å². The molecule has 1 saturated heterocycles. The largest absolute Gasteiger partial charge is 0.465 e. The Hall–Kier alpha value is -2.90. The van der Waals surface area contributed by atoms with E-state index in [1.165, 1.54) is 0 Å². The summed E-state index contributed by atoms with van der Waals surface area (Å²) in [7, 11) is 0. The Kier molecular flexibility index (Phi) is 8.08. The lowest BCUT2D eigenvalue weighted by atomic mass is 10.0. The predicted molar refractivity (Wildman–Crippen MR) is 135 cm³/mol. The van der Waals surface area contributed by atoms with E-state index in [1.807, 2.05) is 60.7 Å². The lowest BCUT2D eigenvalue weighted by Gasteiger charge is -2.33. The fourth-order valence-electron chi connectivity index (χ4n) is 4.64. The maximum atomic E-state index is 13.5. The molecule has 3 atom stereocenters. The Morgan fingerprint density at radius 1 is 0.857 bits per heavy atom. The van der Waals surface area contributed by atoms with Gasteiger partial charge in [0.2, 0.25) is 0 Å². The number of halogens is 2. The number of aryl methyl sites for hydroxylation is 1. The summed E-state index contributed by atoms with van der Waals surface area (Å²) in [5.41, 5.74) is 2.38. The molecule has 6 nitrogen and oxygen atoms in total. The lowest BCUT2D eigenvalue weighted by Crippen LogP contribution is -2.50. The molecule has 182 valence electrons. The molecule has 0 unspecified atom stereocenters. The number of benzene rings is 3. The zero-order valence-electron chi connectivity index (χ0n) is 18.9. The summed E-state index contributed by atoms with van der Waals surface area (Å²) in [6.07, 6.45) is -2.26. The van der Waals surface area contributed by atoms with E-state index in [-0.39, 0.29) is 16.5 Å². The van der Waals surface area contributed by atoms with Gasteiger partial charge in [0, 0.05) is 22.2 Å². The van der Waals surface area contributed by atoms with Crippen molar-refractivity contribution >= 4 is 35.2 Å². The van der Waals surface area contributed by atoms with Crippen molar-refractivity contribution in [2.45, 2.75) is 37.6 Å². The normalized spacial score (nSPS) is 19.2. The zero-order valence-corrected chi connectivity index (χ0v) is 20.4. The van der Waals surface area contributed by atoms with E-state index in [2.05, 4.69) is 0 Å². The van der Waals surface area contributed by atoms with E-state index >= 15 is 0 Å². The molecular formula is C27H26Cl2N2O4. The van der Waals surface area contributed by atoms with Crippen LogP contribution in [0.5, 0.6) is 0 Å². The van der Waals surface area contributed by atoms with E-state index in [9.17, 15) is 19.8 Å². The summed E-state index contributed by atoms with van der Waals surface area (Å²) in [4.78, 5) is 28.2. The monoisotopic (exact) mass is 512 g/mol. The standard InChI is InChI=1S/C27H26Cl2N2O4/c28-20-12-7-13-21(29)23(20)24-26(33)31(27(34)35)25(22(32)15-14-18-8-3-1-4-9-18)30(24)17-16-19-10-5-2-6-11-19/h1-13,22,24-25,32H,14-17H2,(H,34,35)/t22-,24+,25-/m0/s1. The molecule has 1 aliphatic rings. The molecule has 2 amide bonds.